The van der Waals surface area contributed by atoms with E-state index >= 15 is 0 Å². The summed E-state index contributed by atoms with van der Waals surface area (Å²) in [4.78, 5) is 14.4. The number of halogens is 3. The molecule has 0 aliphatic carbocycles. The predicted molar refractivity (Wildman–Crippen MR) is 113 cm³/mol. The number of rotatable bonds is 6. The second-order valence-corrected chi connectivity index (χ2v) is 7.45. The van der Waals surface area contributed by atoms with Crippen LogP contribution in [0.4, 0.5) is 19.0 Å². The van der Waals surface area contributed by atoms with Gasteiger partial charge in [0.1, 0.15) is 12.4 Å². The Bertz CT molecular complexity index is 1110. The second kappa shape index (κ2) is 8.85. The lowest BCUT2D eigenvalue weighted by Gasteiger charge is -2.20. The molecule has 0 spiro atoms. The van der Waals surface area contributed by atoms with Gasteiger partial charge in [0.2, 0.25) is 0 Å². The maximum atomic E-state index is 12.6. The molecule has 3 heterocycles. The summed E-state index contributed by atoms with van der Waals surface area (Å²) in [6.45, 7) is 3.28. The fourth-order valence-electron chi connectivity index (χ4n) is 3.61. The minimum atomic E-state index is -4.55. The number of nitrogens with zero attached hydrogens (tertiary/aromatic N) is 6. The lowest BCUT2D eigenvalue weighted by atomic mass is 10.2. The quantitative estimate of drug-likeness (QED) is 0.467. The van der Waals surface area contributed by atoms with Crippen molar-refractivity contribution in [3.05, 3.63) is 59.5 Å². The van der Waals surface area contributed by atoms with E-state index in [0.29, 0.717) is 0 Å². The van der Waals surface area contributed by atoms with E-state index in [9.17, 15) is 18.0 Å². The van der Waals surface area contributed by atoms with Crippen molar-refractivity contribution < 1.29 is 18.0 Å². The maximum absolute atomic E-state index is 12.6. The van der Waals surface area contributed by atoms with Gasteiger partial charge >= 0.3 is 6.18 Å². The summed E-state index contributed by atoms with van der Waals surface area (Å²) < 4.78 is 40.7. The monoisotopic (exact) mass is 445 g/mol. The number of aromatic nitrogens is 4. The Kier molecular flexibility index (Phi) is 5.97. The minimum Gasteiger partial charge on any atom is -0.356 e. The van der Waals surface area contributed by atoms with E-state index in [2.05, 4.69) is 25.6 Å². The molecule has 0 unspecified atom stereocenters. The summed E-state index contributed by atoms with van der Waals surface area (Å²) in [5.41, 5.74) is 3.74. The van der Waals surface area contributed by atoms with Crippen LogP contribution in [-0.2, 0) is 17.5 Å². The van der Waals surface area contributed by atoms with Gasteiger partial charge in [-0.15, -0.1) is 0 Å². The van der Waals surface area contributed by atoms with Gasteiger partial charge in [-0.2, -0.15) is 28.5 Å². The van der Waals surface area contributed by atoms with Gasteiger partial charge < -0.3 is 4.90 Å². The molecule has 0 saturated carbocycles. The third kappa shape index (κ3) is 4.66. The molecule has 1 fully saturated rings. The van der Waals surface area contributed by atoms with Crippen LogP contribution in [0.1, 0.15) is 29.8 Å². The third-order valence-corrected chi connectivity index (χ3v) is 5.11. The van der Waals surface area contributed by atoms with E-state index in [4.69, 9.17) is 0 Å². The molecule has 168 valence electrons. The number of amides is 1. The number of aryl methyl sites for hydroxylation is 1. The molecule has 8 nitrogen and oxygen atoms in total. The molecule has 11 heteroatoms. The number of hydrogen-bond donors (Lipinski definition) is 1. The molecule has 1 N–H and O–H groups in total. The van der Waals surface area contributed by atoms with E-state index in [-0.39, 0.29) is 6.54 Å². The van der Waals surface area contributed by atoms with Crippen LogP contribution in [0.25, 0.3) is 5.69 Å². The first-order chi connectivity index (χ1) is 15.3. The number of anilines is 1. The fourth-order valence-corrected chi connectivity index (χ4v) is 3.61. The number of carbonyl (C=O) groups is 1. The zero-order valence-corrected chi connectivity index (χ0v) is 17.4. The predicted octanol–water partition coefficient (Wildman–Crippen LogP) is 3.15. The number of alkyl halides is 3. The normalized spacial score (nSPS) is 14.4. The van der Waals surface area contributed by atoms with E-state index in [1.54, 1.807) is 0 Å². The summed E-state index contributed by atoms with van der Waals surface area (Å²) in [7, 11) is 0. The number of hydrogen-bond acceptors (Lipinski definition) is 5. The average Bonchev–Trinajstić information content (AvgIpc) is 3.49. The van der Waals surface area contributed by atoms with Crippen molar-refractivity contribution in [2.75, 3.05) is 18.0 Å². The highest BCUT2D eigenvalue weighted by atomic mass is 19.4. The lowest BCUT2D eigenvalue weighted by Crippen LogP contribution is -2.24. The summed E-state index contributed by atoms with van der Waals surface area (Å²) in [5.74, 6) is 0.306. The molecule has 2 aromatic heterocycles. The molecule has 0 atom stereocenters. The summed E-state index contributed by atoms with van der Waals surface area (Å²) in [6.07, 6.45) is 0.234. The zero-order valence-electron chi connectivity index (χ0n) is 17.4. The molecule has 32 heavy (non-hydrogen) atoms. The van der Waals surface area contributed by atoms with Crippen LogP contribution >= 0.6 is 0 Å². The fraction of sp³-hybridized carbons (Fsp3) is 0.333. The Balaban J connectivity index is 1.51. The molecule has 0 bridgehead atoms. The molecule has 1 aliphatic rings. The zero-order chi connectivity index (χ0) is 22.7. The maximum Gasteiger partial charge on any atom is 0.435 e. The Labute approximate surface area is 182 Å². The van der Waals surface area contributed by atoms with E-state index in [1.165, 1.54) is 6.21 Å². The van der Waals surface area contributed by atoms with E-state index < -0.39 is 17.8 Å². The average molecular weight is 445 g/mol. The number of benzene rings is 1. The number of carbonyl (C=O) groups excluding carboxylic acids is 1. The van der Waals surface area contributed by atoms with Gasteiger partial charge in [-0.25, -0.2) is 10.1 Å². The largest absolute Gasteiger partial charge is 0.435 e. The van der Waals surface area contributed by atoms with Crippen LogP contribution in [0, 0.1) is 6.92 Å². The molecule has 0 radical (unpaired) electrons. The third-order valence-electron chi connectivity index (χ3n) is 5.11. The van der Waals surface area contributed by atoms with Crippen molar-refractivity contribution in [2.45, 2.75) is 32.5 Å². The first-order valence-corrected chi connectivity index (χ1v) is 10.2. The Morgan fingerprint density at radius 2 is 1.88 bits per heavy atom. The van der Waals surface area contributed by atoms with Crippen LogP contribution in [0.5, 0.6) is 0 Å². The van der Waals surface area contributed by atoms with E-state index in [1.807, 2.05) is 41.9 Å². The SMILES string of the molecule is Cc1nn(-c2ccccc2)c(N2CCCC2)c1/C=N\NC(=O)Cn1ccc(C(F)(F)F)n1. The highest BCUT2D eigenvalue weighted by molar-refractivity contribution is 5.90. The molecule has 1 aromatic carbocycles. The molecule has 1 amide bonds. The molecule has 1 saturated heterocycles. The van der Waals surface area contributed by atoms with Crippen LogP contribution < -0.4 is 10.3 Å². The molecular formula is C21H22F3N7O. The number of nitrogens with one attached hydrogen (secondary N) is 1. The van der Waals surface area contributed by atoms with Crippen molar-refractivity contribution >= 4 is 17.9 Å². The summed E-state index contributed by atoms with van der Waals surface area (Å²) in [5, 5.41) is 12.1. The molecule has 1 aliphatic heterocycles. The van der Waals surface area contributed by atoms with Gasteiger partial charge in [-0.05, 0) is 38.0 Å². The Morgan fingerprint density at radius 1 is 1.16 bits per heavy atom. The van der Waals surface area contributed by atoms with Gasteiger partial charge in [0, 0.05) is 19.3 Å². The first kappa shape index (κ1) is 21.6. The van der Waals surface area contributed by atoms with Gasteiger partial charge in [0.15, 0.2) is 5.69 Å². The van der Waals surface area contributed by atoms with Crippen molar-refractivity contribution in [2.24, 2.45) is 5.10 Å². The second-order valence-electron chi connectivity index (χ2n) is 7.45. The van der Waals surface area contributed by atoms with Crippen LogP contribution in [0.2, 0.25) is 0 Å². The van der Waals surface area contributed by atoms with Gasteiger partial charge in [-0.3, -0.25) is 9.48 Å². The smallest absolute Gasteiger partial charge is 0.356 e. The highest BCUT2D eigenvalue weighted by Crippen LogP contribution is 2.29. The van der Waals surface area contributed by atoms with Crippen molar-refractivity contribution in [1.29, 1.82) is 0 Å². The molecule has 3 aromatic rings. The minimum absolute atomic E-state index is 0.380. The topological polar surface area (TPSA) is 80.3 Å². The number of hydrazone groups is 1. The van der Waals surface area contributed by atoms with E-state index in [0.717, 1.165) is 65.6 Å². The summed E-state index contributed by atoms with van der Waals surface area (Å²) in [6, 6.07) is 10.6. The standard InChI is InChI=1S/C21H22F3N7O/c1-15-17(13-25-26-19(32)14-30-12-9-18(28-30)21(22,23)24)20(29-10-5-6-11-29)31(27-15)16-7-3-2-4-8-16/h2-4,7-9,12-13H,5-6,10-11,14H2,1H3,(H,26,32)/b25-13-. The first-order valence-electron chi connectivity index (χ1n) is 10.2. The Hall–Kier alpha value is -3.63. The Morgan fingerprint density at radius 3 is 2.53 bits per heavy atom. The summed E-state index contributed by atoms with van der Waals surface area (Å²) >= 11 is 0. The lowest BCUT2D eigenvalue weighted by molar-refractivity contribution is -0.141. The van der Waals surface area contributed by atoms with Gasteiger partial charge in [-0.1, -0.05) is 18.2 Å². The van der Waals surface area contributed by atoms with Crippen molar-refractivity contribution in [3.8, 4) is 5.69 Å². The molecule has 4 rings (SSSR count). The van der Waals surface area contributed by atoms with Gasteiger partial charge in [0.25, 0.3) is 5.91 Å². The van der Waals surface area contributed by atoms with Crippen molar-refractivity contribution in [3.63, 3.8) is 0 Å². The van der Waals surface area contributed by atoms with Crippen LogP contribution in [0.15, 0.2) is 47.7 Å². The van der Waals surface area contributed by atoms with Crippen LogP contribution in [-0.4, -0.2) is 44.8 Å². The molecular weight excluding hydrogens is 423 g/mol. The highest BCUT2D eigenvalue weighted by Gasteiger charge is 2.33. The number of para-hydroxylation sites is 1. The van der Waals surface area contributed by atoms with Crippen molar-refractivity contribution in [1.82, 2.24) is 25.0 Å². The van der Waals surface area contributed by atoms with Crippen LogP contribution in [0.3, 0.4) is 0 Å². The van der Waals surface area contributed by atoms with Gasteiger partial charge in [0.05, 0.1) is 23.2 Å².